The standard InChI is InChI=1S/C17H26N4O6S/c1-5-27-17(25)13-10(2)14(15(24)19-3)28-16(13)20-12(23)9-21(6-7-26-4)8-11(18)22/h5-9H2,1-4H3,(H2,18,22)(H,19,24)(H,20,23). The largest absolute Gasteiger partial charge is 0.462 e. The average molecular weight is 414 g/mol. The molecule has 4 N–H and O–H groups in total. The Bertz CT molecular complexity index is 733. The van der Waals surface area contributed by atoms with E-state index in [0.29, 0.717) is 23.6 Å². The van der Waals surface area contributed by atoms with Gasteiger partial charge in [-0.3, -0.25) is 19.3 Å². The molecular formula is C17H26N4O6S. The molecular weight excluding hydrogens is 388 g/mol. The highest BCUT2D eigenvalue weighted by atomic mass is 32.1. The van der Waals surface area contributed by atoms with Crippen molar-refractivity contribution in [3.63, 3.8) is 0 Å². The van der Waals surface area contributed by atoms with Crippen LogP contribution in [0.25, 0.3) is 0 Å². The lowest BCUT2D eigenvalue weighted by atomic mass is 10.1. The minimum absolute atomic E-state index is 0.117. The van der Waals surface area contributed by atoms with Gasteiger partial charge in [0.2, 0.25) is 11.8 Å². The molecule has 1 heterocycles. The quantitative estimate of drug-likeness (QED) is 0.432. The number of nitrogens with two attached hydrogens (primary N) is 1. The molecule has 0 spiro atoms. The number of nitrogens with one attached hydrogen (secondary N) is 2. The third-order valence-electron chi connectivity index (χ3n) is 3.67. The number of methoxy groups -OCH3 is 1. The number of esters is 1. The van der Waals surface area contributed by atoms with Crippen LogP contribution in [0.3, 0.4) is 0 Å². The number of nitrogens with zero attached hydrogens (tertiary/aromatic N) is 1. The van der Waals surface area contributed by atoms with E-state index in [4.69, 9.17) is 15.2 Å². The van der Waals surface area contributed by atoms with Gasteiger partial charge in [0.1, 0.15) is 5.00 Å². The van der Waals surface area contributed by atoms with Crippen LogP contribution in [0, 0.1) is 6.92 Å². The second kappa shape index (κ2) is 11.4. The monoisotopic (exact) mass is 414 g/mol. The summed E-state index contributed by atoms with van der Waals surface area (Å²) in [6.45, 7) is 3.81. The number of primary amides is 1. The molecule has 28 heavy (non-hydrogen) atoms. The van der Waals surface area contributed by atoms with E-state index < -0.39 is 17.8 Å². The fourth-order valence-electron chi connectivity index (χ4n) is 2.40. The third-order valence-corrected chi connectivity index (χ3v) is 4.88. The maximum absolute atomic E-state index is 12.5. The van der Waals surface area contributed by atoms with Crippen LogP contribution in [0.5, 0.6) is 0 Å². The van der Waals surface area contributed by atoms with Crippen LogP contribution in [-0.4, -0.2) is 75.6 Å². The highest BCUT2D eigenvalue weighted by Crippen LogP contribution is 2.33. The SMILES string of the molecule is CCOC(=O)c1c(NC(=O)CN(CCOC)CC(N)=O)sc(C(=O)NC)c1C. The van der Waals surface area contributed by atoms with Crippen molar-refractivity contribution in [1.82, 2.24) is 10.2 Å². The molecule has 0 unspecified atom stereocenters. The van der Waals surface area contributed by atoms with Crippen molar-refractivity contribution in [2.45, 2.75) is 13.8 Å². The third kappa shape index (κ3) is 6.59. The Labute approximate surface area is 167 Å². The molecule has 0 aliphatic carbocycles. The van der Waals surface area contributed by atoms with Crippen LogP contribution in [0.2, 0.25) is 0 Å². The van der Waals surface area contributed by atoms with Gasteiger partial charge in [0.25, 0.3) is 5.91 Å². The molecule has 0 radical (unpaired) electrons. The lowest BCUT2D eigenvalue weighted by Crippen LogP contribution is -2.40. The van der Waals surface area contributed by atoms with Gasteiger partial charge in [0.05, 0.1) is 36.7 Å². The first-order chi connectivity index (χ1) is 13.2. The minimum atomic E-state index is -0.630. The maximum Gasteiger partial charge on any atom is 0.341 e. The molecule has 11 heteroatoms. The van der Waals surface area contributed by atoms with Crippen LogP contribution in [0.4, 0.5) is 5.00 Å². The number of rotatable bonds is 11. The highest BCUT2D eigenvalue weighted by molar-refractivity contribution is 7.18. The summed E-state index contributed by atoms with van der Waals surface area (Å²) < 4.78 is 10.0. The molecule has 0 saturated carbocycles. The molecule has 0 fully saturated rings. The van der Waals surface area contributed by atoms with Gasteiger partial charge in [0, 0.05) is 20.7 Å². The summed E-state index contributed by atoms with van der Waals surface area (Å²) in [5.41, 5.74) is 5.76. The van der Waals surface area contributed by atoms with E-state index in [2.05, 4.69) is 10.6 Å². The fraction of sp³-hybridized carbons (Fsp3) is 0.529. The smallest absolute Gasteiger partial charge is 0.341 e. The molecule has 0 atom stereocenters. The Morgan fingerprint density at radius 2 is 1.89 bits per heavy atom. The van der Waals surface area contributed by atoms with E-state index >= 15 is 0 Å². The topological polar surface area (TPSA) is 140 Å². The fourth-order valence-corrected chi connectivity index (χ4v) is 3.56. The summed E-state index contributed by atoms with van der Waals surface area (Å²) in [5.74, 6) is -2.04. The van der Waals surface area contributed by atoms with Crippen LogP contribution in [-0.2, 0) is 19.1 Å². The first kappa shape index (κ1) is 23.5. The van der Waals surface area contributed by atoms with Gasteiger partial charge in [-0.05, 0) is 19.4 Å². The van der Waals surface area contributed by atoms with Gasteiger partial charge in [-0.2, -0.15) is 0 Å². The van der Waals surface area contributed by atoms with Crippen LogP contribution < -0.4 is 16.4 Å². The van der Waals surface area contributed by atoms with E-state index in [9.17, 15) is 19.2 Å². The highest BCUT2D eigenvalue weighted by Gasteiger charge is 2.26. The number of hydrogen-bond donors (Lipinski definition) is 3. The number of anilines is 1. The van der Waals surface area contributed by atoms with E-state index in [1.165, 1.54) is 19.1 Å². The van der Waals surface area contributed by atoms with Crippen molar-refractivity contribution in [1.29, 1.82) is 0 Å². The Kier molecular flexibility index (Phi) is 9.56. The molecule has 0 aliphatic heterocycles. The molecule has 0 aromatic carbocycles. The Morgan fingerprint density at radius 1 is 1.21 bits per heavy atom. The zero-order valence-electron chi connectivity index (χ0n) is 16.4. The average Bonchev–Trinajstić information content (AvgIpc) is 2.94. The van der Waals surface area contributed by atoms with Crippen molar-refractivity contribution in [3.05, 3.63) is 16.0 Å². The second-order valence-corrected chi connectivity index (χ2v) is 6.80. The number of carbonyl (C=O) groups excluding carboxylic acids is 4. The van der Waals surface area contributed by atoms with Crippen LogP contribution >= 0.6 is 11.3 Å². The zero-order valence-corrected chi connectivity index (χ0v) is 17.2. The lowest BCUT2D eigenvalue weighted by Gasteiger charge is -2.19. The Hall–Kier alpha value is -2.50. The summed E-state index contributed by atoms with van der Waals surface area (Å²) in [4.78, 5) is 49.8. The number of hydrogen-bond acceptors (Lipinski definition) is 8. The van der Waals surface area contributed by atoms with E-state index in [-0.39, 0.29) is 36.2 Å². The summed E-state index contributed by atoms with van der Waals surface area (Å²) in [6.07, 6.45) is 0. The molecule has 156 valence electrons. The van der Waals surface area contributed by atoms with Crippen molar-refractivity contribution in [3.8, 4) is 0 Å². The molecule has 0 saturated heterocycles. The second-order valence-electron chi connectivity index (χ2n) is 5.78. The summed E-state index contributed by atoms with van der Waals surface area (Å²) in [6, 6.07) is 0. The van der Waals surface area contributed by atoms with Gasteiger partial charge >= 0.3 is 5.97 Å². The molecule has 10 nitrogen and oxygen atoms in total. The van der Waals surface area contributed by atoms with Crippen molar-refractivity contribution >= 4 is 40.0 Å². The van der Waals surface area contributed by atoms with Gasteiger partial charge in [0.15, 0.2) is 0 Å². The molecule has 3 amide bonds. The Balaban J connectivity index is 3.07. The summed E-state index contributed by atoms with van der Waals surface area (Å²) >= 11 is 0.981. The number of carbonyl (C=O) groups is 4. The molecule has 1 aromatic heterocycles. The predicted molar refractivity (Wildman–Crippen MR) is 105 cm³/mol. The summed E-state index contributed by atoms with van der Waals surface area (Å²) in [7, 11) is 2.98. The Morgan fingerprint density at radius 3 is 2.43 bits per heavy atom. The van der Waals surface area contributed by atoms with Gasteiger partial charge in [-0.15, -0.1) is 11.3 Å². The number of amides is 3. The minimum Gasteiger partial charge on any atom is -0.462 e. The molecule has 1 aromatic rings. The van der Waals surface area contributed by atoms with Gasteiger partial charge in [-0.25, -0.2) is 4.79 Å². The normalized spacial score (nSPS) is 10.6. The van der Waals surface area contributed by atoms with Gasteiger partial charge in [-0.1, -0.05) is 0 Å². The van der Waals surface area contributed by atoms with Crippen LogP contribution in [0.15, 0.2) is 0 Å². The van der Waals surface area contributed by atoms with Crippen LogP contribution in [0.1, 0.15) is 32.5 Å². The summed E-state index contributed by atoms with van der Waals surface area (Å²) in [5, 5.41) is 5.34. The van der Waals surface area contributed by atoms with E-state index in [0.717, 1.165) is 11.3 Å². The lowest BCUT2D eigenvalue weighted by molar-refractivity contribution is -0.121. The van der Waals surface area contributed by atoms with E-state index in [1.807, 2.05) is 0 Å². The van der Waals surface area contributed by atoms with Gasteiger partial charge < -0.3 is 25.8 Å². The number of ether oxygens (including phenoxy) is 2. The zero-order chi connectivity index (χ0) is 21.3. The van der Waals surface area contributed by atoms with Crippen molar-refractivity contribution < 1.29 is 28.7 Å². The maximum atomic E-state index is 12.5. The van der Waals surface area contributed by atoms with Crippen molar-refractivity contribution in [2.24, 2.45) is 5.73 Å². The van der Waals surface area contributed by atoms with Crippen molar-refractivity contribution in [2.75, 3.05) is 52.3 Å². The molecule has 0 bridgehead atoms. The number of thiophene rings is 1. The first-order valence-electron chi connectivity index (χ1n) is 8.57. The molecule has 0 aliphatic rings. The first-order valence-corrected chi connectivity index (χ1v) is 9.38. The predicted octanol–water partition coefficient (Wildman–Crippen LogP) is -0.0350. The molecule has 1 rings (SSSR count). The van der Waals surface area contributed by atoms with E-state index in [1.54, 1.807) is 13.8 Å².